The average molecular weight is 255 g/mol. The zero-order valence-corrected chi connectivity index (χ0v) is 12.2. The van der Waals surface area contributed by atoms with E-state index in [1.165, 1.54) is 32.5 Å². The van der Waals surface area contributed by atoms with Gasteiger partial charge in [-0.2, -0.15) is 0 Å². The van der Waals surface area contributed by atoms with Crippen molar-refractivity contribution in [1.29, 1.82) is 0 Å². The van der Waals surface area contributed by atoms with Gasteiger partial charge in [0.1, 0.15) is 0 Å². The lowest BCUT2D eigenvalue weighted by Crippen LogP contribution is -2.50. The van der Waals surface area contributed by atoms with Crippen LogP contribution in [0.5, 0.6) is 0 Å². The van der Waals surface area contributed by atoms with Crippen LogP contribution in [0.15, 0.2) is 0 Å². The minimum Gasteiger partial charge on any atom is -0.379 e. The summed E-state index contributed by atoms with van der Waals surface area (Å²) in [5, 5.41) is 0. The molecule has 0 aromatic carbocycles. The van der Waals surface area contributed by atoms with Crippen molar-refractivity contribution in [3.63, 3.8) is 0 Å². The van der Waals surface area contributed by atoms with E-state index >= 15 is 0 Å². The van der Waals surface area contributed by atoms with E-state index in [-0.39, 0.29) is 11.5 Å². The third kappa shape index (κ3) is 3.05. The first-order chi connectivity index (χ1) is 8.55. The van der Waals surface area contributed by atoms with E-state index in [9.17, 15) is 0 Å². The first-order valence-electron chi connectivity index (χ1n) is 7.31. The van der Waals surface area contributed by atoms with Gasteiger partial charge in [-0.05, 0) is 33.0 Å². The Kier molecular flexibility index (Phi) is 4.64. The van der Waals surface area contributed by atoms with Crippen molar-refractivity contribution >= 4 is 0 Å². The molecule has 2 heterocycles. The molecule has 106 valence electrons. The van der Waals surface area contributed by atoms with E-state index in [0.29, 0.717) is 6.04 Å². The number of hydrogen-bond acceptors (Lipinski definition) is 4. The Labute approximate surface area is 111 Å². The van der Waals surface area contributed by atoms with E-state index in [1.54, 1.807) is 0 Å². The summed E-state index contributed by atoms with van der Waals surface area (Å²) >= 11 is 0. The number of likely N-dealkylation sites (N-methyl/N-ethyl adjacent to an activating group) is 1. The largest absolute Gasteiger partial charge is 0.379 e. The fourth-order valence-corrected chi connectivity index (χ4v) is 3.24. The van der Waals surface area contributed by atoms with Crippen LogP contribution in [0.4, 0.5) is 0 Å². The first kappa shape index (κ1) is 14.3. The van der Waals surface area contributed by atoms with Crippen LogP contribution in [-0.2, 0) is 4.74 Å². The second-order valence-electron chi connectivity index (χ2n) is 6.42. The monoisotopic (exact) mass is 255 g/mol. The van der Waals surface area contributed by atoms with E-state index in [1.807, 2.05) is 0 Å². The van der Waals surface area contributed by atoms with Crippen molar-refractivity contribution in [2.75, 3.05) is 46.4 Å². The molecule has 3 unspecified atom stereocenters. The fraction of sp³-hybridized carbons (Fsp3) is 1.00. The van der Waals surface area contributed by atoms with Crippen molar-refractivity contribution in [1.82, 2.24) is 9.80 Å². The van der Waals surface area contributed by atoms with E-state index in [2.05, 4.69) is 30.7 Å². The highest BCUT2D eigenvalue weighted by atomic mass is 16.5. The fourth-order valence-electron chi connectivity index (χ4n) is 3.24. The van der Waals surface area contributed by atoms with Gasteiger partial charge in [0.25, 0.3) is 0 Å². The molecule has 0 amide bonds. The van der Waals surface area contributed by atoms with Crippen molar-refractivity contribution in [2.45, 2.75) is 38.8 Å². The molecule has 0 saturated carbocycles. The highest BCUT2D eigenvalue weighted by Gasteiger charge is 2.40. The highest BCUT2D eigenvalue weighted by molar-refractivity contribution is 4.94. The third-order valence-corrected chi connectivity index (χ3v) is 4.68. The molecule has 18 heavy (non-hydrogen) atoms. The zero-order chi connectivity index (χ0) is 13.2. The van der Waals surface area contributed by atoms with Gasteiger partial charge in [0.05, 0.1) is 13.2 Å². The molecule has 0 radical (unpaired) electrons. The van der Waals surface area contributed by atoms with Crippen LogP contribution in [0.3, 0.4) is 0 Å². The summed E-state index contributed by atoms with van der Waals surface area (Å²) in [6.07, 6.45) is 2.48. The van der Waals surface area contributed by atoms with Gasteiger partial charge in [-0.3, -0.25) is 4.90 Å². The molecule has 2 saturated heterocycles. The smallest absolute Gasteiger partial charge is 0.0624 e. The summed E-state index contributed by atoms with van der Waals surface area (Å²) in [6, 6.07) is 0.859. The second kappa shape index (κ2) is 5.87. The van der Waals surface area contributed by atoms with E-state index in [4.69, 9.17) is 10.5 Å². The molecule has 2 N–H and O–H groups in total. The Balaban J connectivity index is 2.01. The molecule has 0 aromatic heterocycles. The highest BCUT2D eigenvalue weighted by Crippen LogP contribution is 2.29. The molecule has 4 heteroatoms. The molecule has 2 aliphatic heterocycles. The van der Waals surface area contributed by atoms with E-state index in [0.717, 1.165) is 19.8 Å². The molecule has 2 aliphatic rings. The lowest BCUT2D eigenvalue weighted by atomic mass is 9.84. The van der Waals surface area contributed by atoms with Crippen LogP contribution in [0.1, 0.15) is 26.7 Å². The molecule has 3 atom stereocenters. The Morgan fingerprint density at radius 1 is 1.39 bits per heavy atom. The standard InChI is InChI=1S/C14H29N3O/c1-4-12-8-16(3)6-5-7-17(12)10-14(2)11-18-9-13(14)15/h12-13H,4-11,15H2,1-3H3. The van der Waals surface area contributed by atoms with Crippen molar-refractivity contribution in [2.24, 2.45) is 11.1 Å². The SMILES string of the molecule is CCC1CN(C)CCCN1CC1(C)COCC1N. The number of ether oxygens (including phenoxy) is 1. The van der Waals surface area contributed by atoms with Gasteiger partial charge in [0.15, 0.2) is 0 Å². The quantitative estimate of drug-likeness (QED) is 0.809. The summed E-state index contributed by atoms with van der Waals surface area (Å²) in [4.78, 5) is 5.11. The van der Waals surface area contributed by atoms with Crippen molar-refractivity contribution < 1.29 is 4.74 Å². The van der Waals surface area contributed by atoms with Gasteiger partial charge in [-0.15, -0.1) is 0 Å². The van der Waals surface area contributed by atoms with Gasteiger partial charge >= 0.3 is 0 Å². The predicted molar refractivity (Wildman–Crippen MR) is 74.7 cm³/mol. The maximum absolute atomic E-state index is 6.22. The second-order valence-corrected chi connectivity index (χ2v) is 6.42. The number of rotatable bonds is 3. The minimum absolute atomic E-state index is 0.135. The number of nitrogens with zero attached hydrogens (tertiary/aromatic N) is 2. The van der Waals surface area contributed by atoms with Crippen LogP contribution in [0, 0.1) is 5.41 Å². The molecule has 0 spiro atoms. The molecule has 4 nitrogen and oxygen atoms in total. The normalized spacial score (nSPS) is 40.0. The number of nitrogens with two attached hydrogens (primary N) is 1. The Morgan fingerprint density at radius 2 is 2.17 bits per heavy atom. The van der Waals surface area contributed by atoms with Gasteiger partial charge in [0, 0.05) is 30.6 Å². The summed E-state index contributed by atoms with van der Waals surface area (Å²) in [5.74, 6) is 0. The lowest BCUT2D eigenvalue weighted by molar-refractivity contribution is 0.0912. The lowest BCUT2D eigenvalue weighted by Gasteiger charge is -2.38. The van der Waals surface area contributed by atoms with Gasteiger partial charge < -0.3 is 15.4 Å². The molecule has 2 fully saturated rings. The molecule has 0 bridgehead atoms. The predicted octanol–water partition coefficient (Wildman–Crippen LogP) is 0.766. The van der Waals surface area contributed by atoms with Crippen LogP contribution in [-0.4, -0.2) is 68.3 Å². The van der Waals surface area contributed by atoms with Crippen LogP contribution in [0.25, 0.3) is 0 Å². The Hall–Kier alpha value is -0.160. The Morgan fingerprint density at radius 3 is 2.78 bits per heavy atom. The summed E-state index contributed by atoms with van der Waals surface area (Å²) in [5.41, 5.74) is 6.36. The average Bonchev–Trinajstić information content (AvgIpc) is 2.55. The van der Waals surface area contributed by atoms with Gasteiger partial charge in [-0.1, -0.05) is 13.8 Å². The minimum atomic E-state index is 0.135. The molecular weight excluding hydrogens is 226 g/mol. The third-order valence-electron chi connectivity index (χ3n) is 4.68. The summed E-state index contributed by atoms with van der Waals surface area (Å²) in [7, 11) is 2.23. The topological polar surface area (TPSA) is 41.7 Å². The van der Waals surface area contributed by atoms with E-state index < -0.39 is 0 Å². The van der Waals surface area contributed by atoms with Crippen LogP contribution < -0.4 is 5.73 Å². The van der Waals surface area contributed by atoms with Gasteiger partial charge in [0.2, 0.25) is 0 Å². The molecule has 2 rings (SSSR count). The molecule has 0 aliphatic carbocycles. The van der Waals surface area contributed by atoms with Crippen LogP contribution in [0.2, 0.25) is 0 Å². The Bertz CT molecular complexity index is 274. The number of hydrogen-bond donors (Lipinski definition) is 1. The maximum atomic E-state index is 6.22. The summed E-state index contributed by atoms with van der Waals surface area (Å²) < 4.78 is 5.57. The van der Waals surface area contributed by atoms with Gasteiger partial charge in [-0.25, -0.2) is 0 Å². The van der Waals surface area contributed by atoms with Crippen molar-refractivity contribution in [3.05, 3.63) is 0 Å². The maximum Gasteiger partial charge on any atom is 0.0624 e. The first-order valence-corrected chi connectivity index (χ1v) is 7.31. The molecular formula is C14H29N3O. The van der Waals surface area contributed by atoms with Crippen molar-refractivity contribution in [3.8, 4) is 0 Å². The zero-order valence-electron chi connectivity index (χ0n) is 12.2. The molecule has 0 aromatic rings. The summed E-state index contributed by atoms with van der Waals surface area (Å²) in [6.45, 7) is 10.8. The van der Waals surface area contributed by atoms with Crippen LogP contribution >= 0.6 is 0 Å².